The van der Waals surface area contributed by atoms with E-state index in [2.05, 4.69) is 16.0 Å². The van der Waals surface area contributed by atoms with E-state index in [1.807, 2.05) is 6.07 Å². The number of rotatable bonds is 2. The van der Waals surface area contributed by atoms with Crippen molar-refractivity contribution < 1.29 is 0 Å². The Hall–Kier alpha value is -2.06. The molecule has 2 aromatic rings. The lowest BCUT2D eigenvalue weighted by atomic mass is 10.2. The van der Waals surface area contributed by atoms with Crippen molar-refractivity contribution in [2.24, 2.45) is 0 Å². The number of nitrogens with zero attached hydrogens (tertiary/aromatic N) is 3. The minimum Gasteiger partial charge on any atom is -0.397 e. The summed E-state index contributed by atoms with van der Waals surface area (Å²) in [6.45, 7) is 0. The number of nitrogen functional groups attached to an aromatic ring is 1. The van der Waals surface area contributed by atoms with Gasteiger partial charge in [-0.15, -0.1) is 0 Å². The van der Waals surface area contributed by atoms with E-state index < -0.39 is 0 Å². The number of nitriles is 1. The smallest absolute Gasteiger partial charge is 0.116 e. The fourth-order valence-electron chi connectivity index (χ4n) is 1.18. The summed E-state index contributed by atoms with van der Waals surface area (Å²) in [7, 11) is 0. The molecular formula is C11H8N4S. The zero-order valence-corrected chi connectivity index (χ0v) is 9.11. The highest BCUT2D eigenvalue weighted by Gasteiger charge is 2.06. The van der Waals surface area contributed by atoms with E-state index in [1.54, 1.807) is 24.4 Å². The normalized spacial score (nSPS) is 9.69. The minimum atomic E-state index is 0.485. The molecule has 0 aliphatic carbocycles. The topological polar surface area (TPSA) is 75.6 Å². The van der Waals surface area contributed by atoms with Gasteiger partial charge in [-0.1, -0.05) is 17.8 Å². The van der Waals surface area contributed by atoms with Gasteiger partial charge in [-0.3, -0.25) is 0 Å². The molecule has 1 aromatic carbocycles. The Morgan fingerprint density at radius 1 is 1.31 bits per heavy atom. The molecule has 4 nitrogen and oxygen atoms in total. The van der Waals surface area contributed by atoms with Crippen LogP contribution in [0.2, 0.25) is 0 Å². The van der Waals surface area contributed by atoms with Gasteiger partial charge in [0.15, 0.2) is 0 Å². The van der Waals surface area contributed by atoms with Crippen molar-refractivity contribution in [3.8, 4) is 6.07 Å². The molecule has 78 valence electrons. The summed E-state index contributed by atoms with van der Waals surface area (Å²) in [4.78, 5) is 8.75. The first-order valence-electron chi connectivity index (χ1n) is 4.53. The summed E-state index contributed by atoms with van der Waals surface area (Å²) in [5.41, 5.74) is 6.83. The van der Waals surface area contributed by atoms with Gasteiger partial charge in [0.2, 0.25) is 0 Å². The van der Waals surface area contributed by atoms with Crippen LogP contribution in [0, 0.1) is 11.3 Å². The van der Waals surface area contributed by atoms with Crippen molar-refractivity contribution in [3.05, 3.63) is 42.4 Å². The van der Waals surface area contributed by atoms with E-state index >= 15 is 0 Å². The molecule has 0 fully saturated rings. The van der Waals surface area contributed by atoms with Gasteiger partial charge in [0.05, 0.1) is 11.3 Å². The van der Waals surface area contributed by atoms with Crippen molar-refractivity contribution in [2.45, 2.75) is 9.92 Å². The van der Waals surface area contributed by atoms with Crippen molar-refractivity contribution in [2.75, 3.05) is 5.73 Å². The highest BCUT2D eigenvalue weighted by Crippen LogP contribution is 2.31. The van der Waals surface area contributed by atoms with Gasteiger partial charge >= 0.3 is 0 Å². The molecule has 0 bridgehead atoms. The molecule has 0 amide bonds. The molecule has 16 heavy (non-hydrogen) atoms. The molecule has 0 radical (unpaired) electrons. The summed E-state index contributed by atoms with van der Waals surface area (Å²) >= 11 is 1.42. The third kappa shape index (κ3) is 2.12. The van der Waals surface area contributed by atoms with Crippen LogP contribution >= 0.6 is 11.8 Å². The number of aromatic nitrogens is 2. The lowest BCUT2D eigenvalue weighted by Gasteiger charge is -2.05. The van der Waals surface area contributed by atoms with Crippen LogP contribution in [0.5, 0.6) is 0 Å². The fraction of sp³-hybridized carbons (Fsp3) is 0. The number of hydrogen-bond donors (Lipinski definition) is 1. The van der Waals surface area contributed by atoms with Crippen LogP contribution in [0.15, 0.2) is 46.7 Å². The van der Waals surface area contributed by atoms with Gasteiger partial charge in [0, 0.05) is 11.1 Å². The van der Waals surface area contributed by atoms with Gasteiger partial charge in [-0.05, 0) is 18.2 Å². The van der Waals surface area contributed by atoms with E-state index in [0.717, 1.165) is 9.92 Å². The quantitative estimate of drug-likeness (QED) is 0.629. The molecule has 0 spiro atoms. The molecule has 2 rings (SSSR count). The zero-order chi connectivity index (χ0) is 11.4. The van der Waals surface area contributed by atoms with E-state index in [1.165, 1.54) is 18.1 Å². The minimum absolute atomic E-state index is 0.485. The van der Waals surface area contributed by atoms with Crippen LogP contribution in [-0.4, -0.2) is 9.97 Å². The lowest BCUT2D eigenvalue weighted by Crippen LogP contribution is -1.93. The van der Waals surface area contributed by atoms with Crippen LogP contribution in [0.3, 0.4) is 0 Å². The molecule has 2 N–H and O–H groups in total. The number of nitrogens with two attached hydrogens (primary N) is 1. The first-order valence-corrected chi connectivity index (χ1v) is 5.35. The first-order chi connectivity index (χ1) is 7.81. The standard InChI is InChI=1S/C11H8N4S/c12-6-8-2-1-3-9(11(8)13)16-10-4-5-14-7-15-10/h1-5,7H,13H2. The van der Waals surface area contributed by atoms with E-state index in [9.17, 15) is 0 Å². The number of hydrogen-bond acceptors (Lipinski definition) is 5. The van der Waals surface area contributed by atoms with Crippen molar-refractivity contribution in [1.82, 2.24) is 9.97 Å². The summed E-state index contributed by atoms with van der Waals surface area (Å²) in [5, 5.41) is 9.65. The molecule has 0 saturated heterocycles. The maximum Gasteiger partial charge on any atom is 0.116 e. The largest absolute Gasteiger partial charge is 0.397 e. The molecule has 0 saturated carbocycles. The molecule has 0 unspecified atom stereocenters. The molecule has 0 aliphatic heterocycles. The zero-order valence-electron chi connectivity index (χ0n) is 8.29. The Balaban J connectivity index is 2.33. The van der Waals surface area contributed by atoms with Crippen LogP contribution in [-0.2, 0) is 0 Å². The Bertz CT molecular complexity index is 533. The lowest BCUT2D eigenvalue weighted by molar-refractivity contribution is 1.05. The van der Waals surface area contributed by atoms with Crippen LogP contribution in [0.25, 0.3) is 0 Å². The van der Waals surface area contributed by atoms with E-state index in [4.69, 9.17) is 11.0 Å². The van der Waals surface area contributed by atoms with E-state index in [-0.39, 0.29) is 0 Å². The van der Waals surface area contributed by atoms with Crippen molar-refractivity contribution in [1.29, 1.82) is 5.26 Å². The van der Waals surface area contributed by atoms with Crippen LogP contribution in [0.4, 0.5) is 5.69 Å². The maximum atomic E-state index is 8.84. The van der Waals surface area contributed by atoms with Crippen molar-refractivity contribution >= 4 is 17.4 Å². The van der Waals surface area contributed by atoms with Crippen LogP contribution in [0.1, 0.15) is 5.56 Å². The molecule has 0 aliphatic rings. The highest BCUT2D eigenvalue weighted by molar-refractivity contribution is 7.99. The summed E-state index contributed by atoms with van der Waals surface area (Å²) in [6, 6.07) is 9.21. The van der Waals surface area contributed by atoms with Gasteiger partial charge < -0.3 is 5.73 Å². The predicted molar refractivity (Wildman–Crippen MR) is 61.7 cm³/mol. The summed E-state index contributed by atoms with van der Waals surface area (Å²) in [6.07, 6.45) is 3.15. The summed E-state index contributed by atoms with van der Waals surface area (Å²) < 4.78 is 0. The fourth-order valence-corrected chi connectivity index (χ4v) is 2.00. The monoisotopic (exact) mass is 228 g/mol. The molecule has 1 aromatic heterocycles. The first kappa shape index (κ1) is 10.5. The van der Waals surface area contributed by atoms with Gasteiger partial charge in [-0.2, -0.15) is 5.26 Å². The number of anilines is 1. The van der Waals surface area contributed by atoms with Gasteiger partial charge in [0.1, 0.15) is 17.4 Å². The van der Waals surface area contributed by atoms with Crippen LogP contribution < -0.4 is 5.73 Å². The number of para-hydroxylation sites is 1. The number of benzene rings is 1. The van der Waals surface area contributed by atoms with Gasteiger partial charge in [0.25, 0.3) is 0 Å². The summed E-state index contributed by atoms with van der Waals surface area (Å²) in [5.74, 6) is 0. The second-order valence-electron chi connectivity index (χ2n) is 2.98. The predicted octanol–water partition coefficient (Wildman–Crippen LogP) is 2.08. The van der Waals surface area contributed by atoms with E-state index in [0.29, 0.717) is 11.3 Å². The average Bonchev–Trinajstić information content (AvgIpc) is 2.33. The Labute approximate surface area is 97.1 Å². The Morgan fingerprint density at radius 3 is 2.88 bits per heavy atom. The molecule has 0 atom stereocenters. The van der Waals surface area contributed by atoms with Gasteiger partial charge in [-0.25, -0.2) is 9.97 Å². The van der Waals surface area contributed by atoms with Crippen molar-refractivity contribution in [3.63, 3.8) is 0 Å². The Morgan fingerprint density at radius 2 is 2.19 bits per heavy atom. The molecule has 5 heteroatoms. The third-order valence-corrected chi connectivity index (χ3v) is 2.98. The molecular weight excluding hydrogens is 220 g/mol. The third-order valence-electron chi connectivity index (χ3n) is 1.96. The SMILES string of the molecule is N#Cc1cccc(Sc2ccncn2)c1N. The Kier molecular flexibility index (Phi) is 3.03. The second-order valence-corrected chi connectivity index (χ2v) is 4.04. The maximum absolute atomic E-state index is 8.84. The molecule has 1 heterocycles. The average molecular weight is 228 g/mol. The second kappa shape index (κ2) is 4.64. The highest BCUT2D eigenvalue weighted by atomic mass is 32.2.